The van der Waals surface area contributed by atoms with Crippen molar-refractivity contribution >= 4 is 17.5 Å². The summed E-state index contributed by atoms with van der Waals surface area (Å²) in [6.45, 7) is -0.576. The molecule has 0 radical (unpaired) electrons. The zero-order valence-electron chi connectivity index (χ0n) is 8.94. The van der Waals surface area contributed by atoms with E-state index in [1.807, 2.05) is 0 Å². The van der Waals surface area contributed by atoms with Gasteiger partial charge in [-0.3, -0.25) is 4.79 Å². The Labute approximate surface area is 105 Å². The van der Waals surface area contributed by atoms with Crippen molar-refractivity contribution in [2.75, 3.05) is 0 Å². The fourth-order valence-corrected chi connectivity index (χ4v) is 1.44. The van der Waals surface area contributed by atoms with Gasteiger partial charge in [-0.05, 0) is 17.7 Å². The molecule has 0 aromatic heterocycles. The Morgan fingerprint density at radius 1 is 1.33 bits per heavy atom. The molecular formula is C10H9ClF4N2O. The van der Waals surface area contributed by atoms with Gasteiger partial charge in [0, 0.05) is 23.7 Å². The second-order valence-corrected chi connectivity index (χ2v) is 3.83. The van der Waals surface area contributed by atoms with Crippen LogP contribution in [0.5, 0.6) is 0 Å². The van der Waals surface area contributed by atoms with Crippen molar-refractivity contribution in [1.29, 1.82) is 0 Å². The molecule has 0 heterocycles. The number of halogens is 5. The Morgan fingerprint density at radius 3 is 2.44 bits per heavy atom. The average molecular weight is 285 g/mol. The highest BCUT2D eigenvalue weighted by atomic mass is 35.5. The molecule has 0 saturated carbocycles. The maximum Gasteiger partial charge on any atom is 0.471 e. The predicted molar refractivity (Wildman–Crippen MR) is 57.2 cm³/mol. The van der Waals surface area contributed by atoms with E-state index in [1.54, 1.807) is 5.32 Å². The summed E-state index contributed by atoms with van der Waals surface area (Å²) < 4.78 is 49.1. The Balaban J connectivity index is 2.83. The zero-order chi connectivity index (χ0) is 13.9. The average Bonchev–Trinajstić information content (AvgIpc) is 2.26. The van der Waals surface area contributed by atoms with Crippen LogP contribution in [0.2, 0.25) is 5.02 Å². The number of carbonyl (C=O) groups excluding carboxylic acids is 1. The van der Waals surface area contributed by atoms with E-state index in [9.17, 15) is 22.4 Å². The smallest absolute Gasteiger partial charge is 0.344 e. The van der Waals surface area contributed by atoms with E-state index >= 15 is 0 Å². The molecule has 1 amide bonds. The van der Waals surface area contributed by atoms with E-state index in [-0.39, 0.29) is 17.1 Å². The quantitative estimate of drug-likeness (QED) is 0.835. The first-order chi connectivity index (χ1) is 8.25. The van der Waals surface area contributed by atoms with Gasteiger partial charge >= 0.3 is 12.1 Å². The van der Waals surface area contributed by atoms with Crippen molar-refractivity contribution < 1.29 is 22.4 Å². The van der Waals surface area contributed by atoms with Crippen LogP contribution in [0, 0.1) is 5.82 Å². The molecule has 3 N–H and O–H groups in total. The molecule has 0 aliphatic heterocycles. The highest BCUT2D eigenvalue weighted by molar-refractivity contribution is 6.31. The van der Waals surface area contributed by atoms with Crippen LogP contribution in [0.1, 0.15) is 11.1 Å². The molecule has 3 nitrogen and oxygen atoms in total. The van der Waals surface area contributed by atoms with Gasteiger partial charge in [-0.2, -0.15) is 13.2 Å². The fraction of sp³-hybridized carbons (Fsp3) is 0.300. The van der Waals surface area contributed by atoms with Gasteiger partial charge in [0.15, 0.2) is 0 Å². The summed E-state index contributed by atoms with van der Waals surface area (Å²) in [5.41, 5.74) is 5.59. The summed E-state index contributed by atoms with van der Waals surface area (Å²) in [4.78, 5) is 10.6. The van der Waals surface area contributed by atoms with Crippen molar-refractivity contribution in [1.82, 2.24) is 5.32 Å². The van der Waals surface area contributed by atoms with E-state index in [0.717, 1.165) is 6.07 Å². The molecule has 1 aromatic rings. The molecule has 18 heavy (non-hydrogen) atoms. The maximum atomic E-state index is 13.4. The summed E-state index contributed by atoms with van der Waals surface area (Å²) >= 11 is 5.65. The van der Waals surface area contributed by atoms with Crippen LogP contribution in [0.15, 0.2) is 12.1 Å². The number of alkyl halides is 3. The minimum atomic E-state index is -5.00. The monoisotopic (exact) mass is 284 g/mol. The Morgan fingerprint density at radius 2 is 1.94 bits per heavy atom. The lowest BCUT2D eigenvalue weighted by molar-refractivity contribution is -0.173. The molecule has 8 heteroatoms. The highest BCUT2D eigenvalue weighted by Gasteiger charge is 2.38. The lowest BCUT2D eigenvalue weighted by Gasteiger charge is -2.10. The minimum absolute atomic E-state index is 0.0132. The topological polar surface area (TPSA) is 55.1 Å². The summed E-state index contributed by atoms with van der Waals surface area (Å²) in [6, 6.07) is 2.16. The summed E-state index contributed by atoms with van der Waals surface area (Å²) in [5, 5.41) is 1.65. The highest BCUT2D eigenvalue weighted by Crippen LogP contribution is 2.21. The van der Waals surface area contributed by atoms with Gasteiger partial charge in [0.2, 0.25) is 0 Å². The van der Waals surface area contributed by atoms with Crippen molar-refractivity contribution in [3.63, 3.8) is 0 Å². The molecule has 0 spiro atoms. The summed E-state index contributed by atoms with van der Waals surface area (Å²) in [7, 11) is 0. The normalized spacial score (nSPS) is 11.4. The third-order valence-electron chi connectivity index (χ3n) is 2.13. The van der Waals surface area contributed by atoms with Crippen LogP contribution in [0.4, 0.5) is 17.6 Å². The number of nitrogens with two attached hydrogens (primary N) is 1. The van der Waals surface area contributed by atoms with Crippen LogP contribution >= 0.6 is 11.6 Å². The van der Waals surface area contributed by atoms with Gasteiger partial charge in [-0.1, -0.05) is 11.6 Å². The number of rotatable bonds is 3. The van der Waals surface area contributed by atoms with Crippen LogP contribution in [-0.4, -0.2) is 12.1 Å². The van der Waals surface area contributed by atoms with Crippen LogP contribution in [0.25, 0.3) is 0 Å². The van der Waals surface area contributed by atoms with Gasteiger partial charge in [0.05, 0.1) is 0 Å². The maximum absolute atomic E-state index is 13.4. The molecule has 0 atom stereocenters. The molecular weight excluding hydrogens is 276 g/mol. The van der Waals surface area contributed by atoms with E-state index in [2.05, 4.69) is 0 Å². The molecule has 0 aliphatic carbocycles. The molecule has 0 bridgehead atoms. The third kappa shape index (κ3) is 3.58. The van der Waals surface area contributed by atoms with E-state index in [4.69, 9.17) is 17.3 Å². The lowest BCUT2D eigenvalue weighted by Crippen LogP contribution is -2.36. The number of hydrogen-bond acceptors (Lipinski definition) is 2. The standard InChI is InChI=1S/C10H9ClF4N2O/c11-7-2-8(12)6(1-5(7)3-16)4-17-9(18)10(13,14)15/h1-2H,3-4,16H2,(H,17,18). The molecule has 0 fully saturated rings. The SMILES string of the molecule is NCc1cc(CNC(=O)C(F)(F)F)c(F)cc1Cl. The Kier molecular flexibility index (Phi) is 4.53. The van der Waals surface area contributed by atoms with Gasteiger partial charge < -0.3 is 11.1 Å². The van der Waals surface area contributed by atoms with Gasteiger partial charge in [-0.15, -0.1) is 0 Å². The van der Waals surface area contributed by atoms with Crippen LogP contribution in [-0.2, 0) is 17.9 Å². The molecule has 1 aromatic carbocycles. The first-order valence-electron chi connectivity index (χ1n) is 4.77. The molecule has 100 valence electrons. The van der Waals surface area contributed by atoms with E-state index < -0.39 is 24.4 Å². The lowest BCUT2D eigenvalue weighted by atomic mass is 10.1. The zero-order valence-corrected chi connectivity index (χ0v) is 9.70. The largest absolute Gasteiger partial charge is 0.471 e. The Bertz CT molecular complexity index is 462. The van der Waals surface area contributed by atoms with Crippen molar-refractivity contribution in [3.8, 4) is 0 Å². The number of benzene rings is 1. The third-order valence-corrected chi connectivity index (χ3v) is 2.48. The van der Waals surface area contributed by atoms with E-state index in [0.29, 0.717) is 5.56 Å². The molecule has 0 saturated heterocycles. The summed E-state index contributed by atoms with van der Waals surface area (Å²) in [5.74, 6) is -2.94. The van der Waals surface area contributed by atoms with E-state index in [1.165, 1.54) is 6.07 Å². The first-order valence-corrected chi connectivity index (χ1v) is 5.15. The second kappa shape index (κ2) is 5.53. The van der Waals surface area contributed by atoms with Crippen LogP contribution in [0.3, 0.4) is 0 Å². The predicted octanol–water partition coefficient (Wildman–Crippen LogP) is 2.12. The Hall–Kier alpha value is -1.34. The van der Waals surface area contributed by atoms with Crippen molar-refractivity contribution in [3.05, 3.63) is 34.1 Å². The molecule has 0 aliphatic rings. The fourth-order valence-electron chi connectivity index (χ4n) is 1.21. The first kappa shape index (κ1) is 14.7. The van der Waals surface area contributed by atoms with Gasteiger partial charge in [0.1, 0.15) is 5.82 Å². The van der Waals surface area contributed by atoms with Crippen LogP contribution < -0.4 is 11.1 Å². The van der Waals surface area contributed by atoms with Gasteiger partial charge in [0.25, 0.3) is 0 Å². The number of nitrogens with one attached hydrogen (secondary N) is 1. The molecule has 1 rings (SSSR count). The summed E-state index contributed by atoms with van der Waals surface area (Å²) in [6.07, 6.45) is -5.00. The minimum Gasteiger partial charge on any atom is -0.344 e. The van der Waals surface area contributed by atoms with Crippen molar-refractivity contribution in [2.45, 2.75) is 19.3 Å². The number of carbonyl (C=O) groups is 1. The van der Waals surface area contributed by atoms with Gasteiger partial charge in [-0.25, -0.2) is 4.39 Å². The second-order valence-electron chi connectivity index (χ2n) is 3.42. The van der Waals surface area contributed by atoms with Crippen molar-refractivity contribution in [2.24, 2.45) is 5.73 Å². The number of hydrogen-bond donors (Lipinski definition) is 2. The molecule has 0 unspecified atom stereocenters. The number of amides is 1.